The van der Waals surface area contributed by atoms with Gasteiger partial charge in [0, 0.05) is 0 Å². The van der Waals surface area contributed by atoms with E-state index in [1.54, 1.807) is 0 Å². The van der Waals surface area contributed by atoms with Crippen LogP contribution < -0.4 is 0 Å². The first-order valence-electron chi connectivity index (χ1n) is 2.65. The third-order valence-electron chi connectivity index (χ3n) is 0. The van der Waals surface area contributed by atoms with Crippen molar-refractivity contribution in [2.45, 2.75) is 27.7 Å². The Hall–Kier alpha value is 0.582. The number of carbonyl (C=O) groups excluding carboxylic acids is 2. The predicted octanol–water partition coefficient (Wildman–Crippen LogP) is 2.57. The molecule has 2 nitrogen and oxygen atoms in total. The molecule has 0 rings (SSSR count). The third kappa shape index (κ3) is 2300. The predicted molar refractivity (Wildman–Crippen MR) is 44.4 cm³/mol. The van der Waals surface area contributed by atoms with Crippen molar-refractivity contribution >= 4 is 30.6 Å². The molecule has 72 valence electrons. The molecule has 0 saturated carbocycles. The molecule has 0 N–H and O–H groups in total. The topological polar surface area (TPSA) is 34.1 Å². The minimum absolute atomic E-state index is 0.106. The molecule has 0 spiro atoms. The zero-order chi connectivity index (χ0) is 9.86. The molecule has 0 heterocycles. The fourth-order valence-electron chi connectivity index (χ4n) is 0. The summed E-state index contributed by atoms with van der Waals surface area (Å²) in [5.74, 6) is 0.333. The van der Waals surface area contributed by atoms with E-state index in [0.717, 1.165) is 0 Å². The summed E-state index contributed by atoms with van der Waals surface area (Å²) in [4.78, 5) is 18.9. The molecule has 0 saturated heterocycles. The Morgan fingerprint density at radius 1 is 0.909 bits per heavy atom. The first-order chi connectivity index (χ1) is 4.88. The van der Waals surface area contributed by atoms with Crippen molar-refractivity contribution in [1.29, 1.82) is 0 Å². The van der Waals surface area contributed by atoms with Crippen LogP contribution >= 0.6 is 19.1 Å². The standard InChI is InChI=1S/2C3H6O.2ClH.Pd/c2*1-3(2)4;;;/h2*1-2H3;2*1H;/q;;;;+2/p-2. The second-order valence-corrected chi connectivity index (χ2v) is 4.22. The van der Waals surface area contributed by atoms with E-state index >= 15 is 0 Å². The molecule has 0 atom stereocenters. The summed E-state index contributed by atoms with van der Waals surface area (Å²) in [5, 5.41) is 0. The van der Waals surface area contributed by atoms with Crippen LogP contribution in [0.1, 0.15) is 27.7 Å². The van der Waals surface area contributed by atoms with Gasteiger partial charge in [-0.2, -0.15) is 0 Å². The maximum absolute atomic E-state index is 9.44. The summed E-state index contributed by atoms with van der Waals surface area (Å²) in [7, 11) is 9.63. The zero-order valence-corrected chi connectivity index (χ0v) is 9.96. The molecular weight excluding hydrogens is 281 g/mol. The Morgan fingerprint density at radius 3 is 0.909 bits per heavy atom. The fraction of sp³-hybridized carbons (Fsp3) is 0.667. The molecule has 0 aliphatic heterocycles. The first-order valence-corrected chi connectivity index (χ1v) is 6.65. The second-order valence-electron chi connectivity index (χ2n) is 1.86. The number of hydrogen-bond acceptors (Lipinski definition) is 2. The van der Waals surface area contributed by atoms with E-state index in [-0.39, 0.29) is 27.5 Å². The van der Waals surface area contributed by atoms with Crippen LogP contribution in [0.25, 0.3) is 0 Å². The van der Waals surface area contributed by atoms with Gasteiger partial charge in [0.15, 0.2) is 0 Å². The Morgan fingerprint density at radius 2 is 0.909 bits per heavy atom. The summed E-state index contributed by atoms with van der Waals surface area (Å²) >= 11 is -0.106. The van der Waals surface area contributed by atoms with Crippen LogP contribution in [0.5, 0.6) is 0 Å². The van der Waals surface area contributed by atoms with Crippen LogP contribution in [-0.4, -0.2) is 11.6 Å². The van der Waals surface area contributed by atoms with Crippen LogP contribution in [-0.2, 0) is 25.5 Å². The van der Waals surface area contributed by atoms with Gasteiger partial charge >= 0.3 is 35.0 Å². The molecule has 0 aliphatic rings. The molecule has 0 fully saturated rings. The Bertz CT molecular complexity index is 86.8. The van der Waals surface area contributed by atoms with E-state index in [1.165, 1.54) is 27.7 Å². The van der Waals surface area contributed by atoms with Gasteiger partial charge in [-0.05, 0) is 27.7 Å². The van der Waals surface area contributed by atoms with E-state index in [9.17, 15) is 9.59 Å². The van der Waals surface area contributed by atoms with Crippen molar-refractivity contribution in [3.63, 3.8) is 0 Å². The van der Waals surface area contributed by atoms with Crippen molar-refractivity contribution in [2.75, 3.05) is 0 Å². The fourth-order valence-corrected chi connectivity index (χ4v) is 0. The summed E-state index contributed by atoms with van der Waals surface area (Å²) in [6.45, 7) is 6.11. The van der Waals surface area contributed by atoms with Gasteiger partial charge in [0.1, 0.15) is 11.6 Å². The zero-order valence-electron chi connectivity index (χ0n) is 6.89. The molecule has 0 radical (unpaired) electrons. The second kappa shape index (κ2) is 16.9. The average Bonchev–Trinajstić information content (AvgIpc) is 1.60. The van der Waals surface area contributed by atoms with Gasteiger partial charge in [0.05, 0.1) is 0 Å². The first kappa shape index (κ1) is 17.6. The van der Waals surface area contributed by atoms with Crippen LogP contribution in [0, 0.1) is 0 Å². The number of rotatable bonds is 0. The van der Waals surface area contributed by atoms with Crippen LogP contribution in [0.2, 0.25) is 0 Å². The molecule has 0 aromatic carbocycles. The molecule has 0 bridgehead atoms. The molecule has 5 heteroatoms. The quantitative estimate of drug-likeness (QED) is 0.643. The number of hydrogen-bond donors (Lipinski definition) is 0. The normalized spacial score (nSPS) is 6.73. The Labute approximate surface area is 83.7 Å². The van der Waals surface area contributed by atoms with Crippen LogP contribution in [0.3, 0.4) is 0 Å². The summed E-state index contributed by atoms with van der Waals surface area (Å²) in [5.41, 5.74) is 0. The Balaban J connectivity index is -0.0000000886. The van der Waals surface area contributed by atoms with Gasteiger partial charge < -0.3 is 9.59 Å². The van der Waals surface area contributed by atoms with E-state index in [1.807, 2.05) is 0 Å². The average molecular weight is 293 g/mol. The SMILES string of the molecule is CC(C)=O.CC(C)=O.[Cl][Pd][Cl]. The van der Waals surface area contributed by atoms with Gasteiger partial charge in [0.2, 0.25) is 0 Å². The molecule has 0 aromatic heterocycles. The van der Waals surface area contributed by atoms with Crippen molar-refractivity contribution in [1.82, 2.24) is 0 Å². The number of Topliss-reactive ketones (excluding diaryl/α,β-unsaturated/α-hetero) is 2. The third-order valence-corrected chi connectivity index (χ3v) is 0. The minimum atomic E-state index is -0.106. The van der Waals surface area contributed by atoms with Crippen molar-refractivity contribution in [3.8, 4) is 0 Å². The van der Waals surface area contributed by atoms with Gasteiger partial charge in [-0.15, -0.1) is 0 Å². The summed E-state index contributed by atoms with van der Waals surface area (Å²) in [6.07, 6.45) is 0. The van der Waals surface area contributed by atoms with E-state index in [2.05, 4.69) is 0 Å². The van der Waals surface area contributed by atoms with Gasteiger partial charge in [0.25, 0.3) is 0 Å². The van der Waals surface area contributed by atoms with Crippen LogP contribution in [0.15, 0.2) is 0 Å². The number of halogens is 2. The van der Waals surface area contributed by atoms with Gasteiger partial charge in [-0.3, -0.25) is 0 Å². The van der Waals surface area contributed by atoms with Gasteiger partial charge in [-0.1, -0.05) is 0 Å². The summed E-state index contributed by atoms with van der Waals surface area (Å²) in [6, 6.07) is 0. The van der Waals surface area contributed by atoms with Crippen molar-refractivity contribution < 1.29 is 25.5 Å². The van der Waals surface area contributed by atoms with E-state index < -0.39 is 0 Å². The molecule has 11 heavy (non-hydrogen) atoms. The van der Waals surface area contributed by atoms with Crippen molar-refractivity contribution in [3.05, 3.63) is 0 Å². The monoisotopic (exact) mass is 292 g/mol. The molecular formula is C6H12Cl2O2Pd. The number of carbonyl (C=O) groups is 2. The molecule has 0 aromatic rings. The summed E-state index contributed by atoms with van der Waals surface area (Å²) < 4.78 is 0. The van der Waals surface area contributed by atoms with E-state index in [0.29, 0.717) is 0 Å². The van der Waals surface area contributed by atoms with E-state index in [4.69, 9.17) is 19.1 Å². The molecule has 0 unspecified atom stereocenters. The Kier molecular flexibility index (Phi) is 27.1. The maximum atomic E-state index is 9.44. The van der Waals surface area contributed by atoms with Crippen molar-refractivity contribution in [2.24, 2.45) is 0 Å². The van der Waals surface area contributed by atoms with Gasteiger partial charge in [-0.25, -0.2) is 0 Å². The van der Waals surface area contributed by atoms with Crippen LogP contribution in [0.4, 0.5) is 0 Å². The molecule has 0 amide bonds. The molecule has 0 aliphatic carbocycles. The number of ketones is 2.